The fourth-order valence-electron chi connectivity index (χ4n) is 7.23. The molecule has 0 N–H and O–H groups in total. The Morgan fingerprint density at radius 1 is 0.667 bits per heavy atom. The van der Waals surface area contributed by atoms with Gasteiger partial charge in [-0.15, -0.1) is 0 Å². The SMILES string of the molecule is CCC(=Cc1oc2ccc(-c3ccccc3)cc2[n+]1CCOCCOc1ccc(S(=O)(=O)[O-])cc1)C=C1Oc2ccc(-c3ccccc3)cc2N1CCOCCOc1ccccc1. The van der Waals surface area contributed by atoms with Crippen molar-refractivity contribution in [2.45, 2.75) is 24.8 Å². The summed E-state index contributed by atoms with van der Waals surface area (Å²) in [6, 6.07) is 48.1. The van der Waals surface area contributed by atoms with Gasteiger partial charge in [0.05, 0.1) is 36.5 Å². The zero-order valence-electron chi connectivity index (χ0n) is 34.9. The Balaban J connectivity index is 1.02. The van der Waals surface area contributed by atoms with Crippen molar-refractivity contribution in [3.8, 4) is 39.5 Å². The van der Waals surface area contributed by atoms with E-state index in [1.807, 2.05) is 78.9 Å². The monoisotopic (exact) mass is 864 g/mol. The van der Waals surface area contributed by atoms with Crippen LogP contribution in [0.15, 0.2) is 179 Å². The molecule has 0 aliphatic carbocycles. The number of ether oxygens (including phenoxy) is 5. The third kappa shape index (κ3) is 11.0. The van der Waals surface area contributed by atoms with E-state index >= 15 is 0 Å². The number of anilines is 1. The minimum atomic E-state index is -4.53. The Bertz CT molecular complexity index is 2770. The maximum absolute atomic E-state index is 11.3. The molecule has 11 nitrogen and oxygen atoms in total. The first-order valence-corrected chi connectivity index (χ1v) is 22.3. The van der Waals surface area contributed by atoms with Gasteiger partial charge in [-0.2, -0.15) is 4.57 Å². The molecule has 0 radical (unpaired) electrons. The predicted molar refractivity (Wildman–Crippen MR) is 242 cm³/mol. The first kappa shape index (κ1) is 43.0. The third-order valence-electron chi connectivity index (χ3n) is 10.5. The van der Waals surface area contributed by atoms with Gasteiger partial charge < -0.3 is 37.6 Å². The molecule has 1 aliphatic rings. The second kappa shape index (κ2) is 20.4. The van der Waals surface area contributed by atoms with Crippen LogP contribution in [0.3, 0.4) is 0 Å². The van der Waals surface area contributed by atoms with Gasteiger partial charge in [-0.1, -0.05) is 97.9 Å². The molecule has 322 valence electrons. The lowest BCUT2D eigenvalue weighted by Gasteiger charge is -2.19. The van der Waals surface area contributed by atoms with Gasteiger partial charge in [-0.25, -0.2) is 8.42 Å². The Morgan fingerprint density at radius 2 is 1.27 bits per heavy atom. The molecule has 12 heteroatoms. The van der Waals surface area contributed by atoms with Crippen molar-refractivity contribution in [1.82, 2.24) is 0 Å². The molecule has 0 atom stereocenters. The van der Waals surface area contributed by atoms with E-state index in [9.17, 15) is 13.0 Å². The zero-order chi connectivity index (χ0) is 43.4. The molecule has 0 spiro atoms. The van der Waals surface area contributed by atoms with E-state index in [2.05, 4.69) is 77.1 Å². The van der Waals surface area contributed by atoms with Gasteiger partial charge in [-0.3, -0.25) is 0 Å². The van der Waals surface area contributed by atoms with E-state index in [4.69, 9.17) is 28.1 Å². The second-order valence-electron chi connectivity index (χ2n) is 14.7. The molecule has 0 bridgehead atoms. The van der Waals surface area contributed by atoms with E-state index in [1.54, 1.807) is 0 Å². The van der Waals surface area contributed by atoms with Crippen molar-refractivity contribution in [2.24, 2.45) is 0 Å². The molecule has 1 aliphatic heterocycles. The lowest BCUT2D eigenvalue weighted by Crippen LogP contribution is -2.38. The Labute approximate surface area is 367 Å². The highest BCUT2D eigenvalue weighted by Crippen LogP contribution is 2.42. The highest BCUT2D eigenvalue weighted by atomic mass is 32.2. The maximum Gasteiger partial charge on any atom is 0.374 e. The van der Waals surface area contributed by atoms with Crippen LogP contribution in [-0.4, -0.2) is 59.2 Å². The molecule has 0 saturated carbocycles. The summed E-state index contributed by atoms with van der Waals surface area (Å²) in [7, 11) is -4.53. The van der Waals surface area contributed by atoms with Crippen molar-refractivity contribution in [1.29, 1.82) is 0 Å². The summed E-state index contributed by atoms with van der Waals surface area (Å²) in [5, 5.41) is 0. The molecule has 0 amide bonds. The lowest BCUT2D eigenvalue weighted by molar-refractivity contribution is -0.679. The number of para-hydroxylation sites is 1. The summed E-state index contributed by atoms with van der Waals surface area (Å²) in [5.41, 5.74) is 7.98. The van der Waals surface area contributed by atoms with Gasteiger partial charge >= 0.3 is 5.89 Å². The number of nitrogens with zero attached hydrogens (tertiary/aromatic N) is 2. The minimum absolute atomic E-state index is 0.233. The zero-order valence-corrected chi connectivity index (χ0v) is 35.7. The van der Waals surface area contributed by atoms with Crippen LogP contribution in [0.4, 0.5) is 5.69 Å². The number of rotatable bonds is 20. The van der Waals surface area contributed by atoms with E-state index in [0.29, 0.717) is 63.5 Å². The molecular weight excluding hydrogens is 817 g/mol. The van der Waals surface area contributed by atoms with Crippen molar-refractivity contribution in [3.63, 3.8) is 0 Å². The third-order valence-corrected chi connectivity index (χ3v) is 11.3. The van der Waals surface area contributed by atoms with E-state index < -0.39 is 10.1 Å². The van der Waals surface area contributed by atoms with Crippen molar-refractivity contribution in [2.75, 3.05) is 51.1 Å². The van der Waals surface area contributed by atoms with E-state index in [1.165, 1.54) is 24.3 Å². The fraction of sp³-hybridized carbons (Fsp3) is 0.196. The van der Waals surface area contributed by atoms with Crippen LogP contribution in [-0.2, 0) is 26.1 Å². The van der Waals surface area contributed by atoms with Crippen LogP contribution in [0.5, 0.6) is 17.2 Å². The molecular formula is C51H48N2O9S. The van der Waals surface area contributed by atoms with Crippen LogP contribution in [0.2, 0.25) is 0 Å². The number of benzene rings is 6. The molecule has 8 rings (SSSR count). The van der Waals surface area contributed by atoms with Gasteiger partial charge in [0.15, 0.2) is 12.3 Å². The summed E-state index contributed by atoms with van der Waals surface area (Å²) in [5.74, 6) is 3.37. The van der Waals surface area contributed by atoms with Crippen LogP contribution >= 0.6 is 0 Å². The molecule has 0 fully saturated rings. The second-order valence-corrected chi connectivity index (χ2v) is 16.0. The Morgan fingerprint density at radius 3 is 1.92 bits per heavy atom. The maximum atomic E-state index is 11.3. The van der Waals surface area contributed by atoms with Crippen LogP contribution in [0, 0.1) is 0 Å². The summed E-state index contributed by atoms with van der Waals surface area (Å²) >= 11 is 0. The van der Waals surface area contributed by atoms with E-state index in [0.717, 1.165) is 56.1 Å². The van der Waals surface area contributed by atoms with Crippen LogP contribution in [0.1, 0.15) is 19.2 Å². The van der Waals surface area contributed by atoms with Gasteiger partial charge in [-0.05, 0) is 88.8 Å². The minimum Gasteiger partial charge on any atom is -0.744 e. The van der Waals surface area contributed by atoms with Crippen LogP contribution < -0.4 is 23.7 Å². The summed E-state index contributed by atoms with van der Waals surface area (Å²) in [4.78, 5) is 1.86. The van der Waals surface area contributed by atoms with Gasteiger partial charge in [0.2, 0.25) is 11.5 Å². The first-order valence-electron chi connectivity index (χ1n) is 20.9. The Hall–Kier alpha value is -6.70. The van der Waals surface area contributed by atoms with Crippen molar-refractivity contribution >= 4 is 33.0 Å². The largest absolute Gasteiger partial charge is 0.744 e. The van der Waals surface area contributed by atoms with Gasteiger partial charge in [0.1, 0.15) is 41.4 Å². The number of oxazole rings is 1. The molecule has 6 aromatic carbocycles. The molecule has 63 heavy (non-hydrogen) atoms. The fourth-order valence-corrected chi connectivity index (χ4v) is 7.70. The molecule has 1 aromatic heterocycles. The average Bonchev–Trinajstić information content (AvgIpc) is 3.84. The number of allylic oxidation sites excluding steroid dienone is 2. The molecule has 2 heterocycles. The number of hydrogen-bond donors (Lipinski definition) is 0. The Kier molecular flexibility index (Phi) is 13.9. The standard InChI is InChI=1S/C51H48N2O9S/c1-2-38(34-50-52(26-28-57-30-32-59-43-16-10-5-11-17-43)46-36-41(18-24-48(46)61-50)39-12-6-3-7-13-39)35-51-53(47-37-42(19-25-49(47)62-51)40-14-8-4-9-15-40)27-29-58-31-33-60-44-20-22-45(23-21-44)63(54,55)56/h3-25,34-37H,2,26-33H2,1H3. The van der Waals surface area contributed by atoms with E-state index in [-0.39, 0.29) is 18.1 Å². The summed E-state index contributed by atoms with van der Waals surface area (Å²) < 4.78 is 72.8. The van der Waals surface area contributed by atoms with Crippen molar-refractivity contribution in [3.05, 3.63) is 175 Å². The number of fused-ring (bicyclic) bond motifs is 2. The van der Waals surface area contributed by atoms with Crippen LogP contribution in [0.25, 0.3) is 39.4 Å². The lowest BCUT2D eigenvalue weighted by atomic mass is 10.0. The van der Waals surface area contributed by atoms with Crippen molar-refractivity contribution < 1.29 is 45.6 Å². The molecule has 0 saturated heterocycles. The topological polar surface area (TPSA) is 124 Å². The van der Waals surface area contributed by atoms with Gasteiger partial charge in [0, 0.05) is 18.7 Å². The highest BCUT2D eigenvalue weighted by molar-refractivity contribution is 7.85. The first-order chi connectivity index (χ1) is 30.8. The average molecular weight is 865 g/mol. The molecule has 0 unspecified atom stereocenters. The van der Waals surface area contributed by atoms with Gasteiger partial charge in [0.25, 0.3) is 5.52 Å². The quantitative estimate of drug-likeness (QED) is 0.0416. The predicted octanol–water partition coefficient (Wildman–Crippen LogP) is 9.68. The number of hydrogen-bond acceptors (Lipinski definition) is 10. The highest BCUT2D eigenvalue weighted by Gasteiger charge is 2.28. The normalized spacial score (nSPS) is 13.3. The number of aromatic nitrogens is 1. The summed E-state index contributed by atoms with van der Waals surface area (Å²) in [6.45, 7) is 5.37. The summed E-state index contributed by atoms with van der Waals surface area (Å²) in [6.07, 6.45) is 4.82. The molecule has 7 aromatic rings. The smallest absolute Gasteiger partial charge is 0.374 e.